The number of aromatic carboxylic acids is 1. The Labute approximate surface area is 111 Å². The third-order valence-corrected chi connectivity index (χ3v) is 4.73. The van der Waals surface area contributed by atoms with Gasteiger partial charge in [-0.25, -0.2) is 17.9 Å². The molecule has 0 aliphatic heterocycles. The Balaban J connectivity index is 2.16. The summed E-state index contributed by atoms with van der Waals surface area (Å²) in [5.74, 6) is -0.724. The molecule has 0 aromatic carbocycles. The number of aromatic amines is 1. The Hall–Kier alpha value is -1.41. The van der Waals surface area contributed by atoms with Gasteiger partial charge >= 0.3 is 5.97 Å². The van der Waals surface area contributed by atoms with Gasteiger partial charge in [-0.05, 0) is 18.8 Å². The van der Waals surface area contributed by atoms with Crippen molar-refractivity contribution in [1.29, 1.82) is 0 Å². The fourth-order valence-corrected chi connectivity index (χ4v) is 3.39. The predicted octanol–water partition coefficient (Wildman–Crippen LogP) is 0.965. The van der Waals surface area contributed by atoms with Crippen LogP contribution in [0, 0.1) is 5.92 Å². The predicted molar refractivity (Wildman–Crippen MR) is 67.3 cm³/mol. The molecular weight excluding hydrogens is 270 g/mol. The number of sulfonamides is 1. The lowest BCUT2D eigenvalue weighted by Gasteiger charge is -2.16. The first-order valence-corrected chi connectivity index (χ1v) is 7.71. The molecule has 7 nitrogen and oxygen atoms in total. The second-order valence-corrected chi connectivity index (χ2v) is 6.47. The topological polar surface area (TPSA) is 112 Å². The standard InChI is InChI=1S/C11H17N3O4S/c1-2-8(5-7-3-4-7)14-19(17,18)10-9(11(15)16)6-12-13-10/h6-8,14H,2-5H2,1H3,(H,12,13)(H,15,16). The van der Waals surface area contributed by atoms with Crippen LogP contribution in [0.5, 0.6) is 0 Å². The molecule has 2 rings (SSSR count). The third-order valence-electron chi connectivity index (χ3n) is 3.23. The second kappa shape index (κ2) is 5.30. The van der Waals surface area contributed by atoms with E-state index in [1.807, 2.05) is 6.92 Å². The van der Waals surface area contributed by atoms with Gasteiger partial charge in [0.15, 0.2) is 5.03 Å². The number of carboxylic acid groups (broad SMARTS) is 1. The number of hydrogen-bond acceptors (Lipinski definition) is 4. The average Bonchev–Trinajstić information content (AvgIpc) is 2.99. The highest BCUT2D eigenvalue weighted by molar-refractivity contribution is 7.89. The van der Waals surface area contributed by atoms with Crippen LogP contribution in [0.3, 0.4) is 0 Å². The van der Waals surface area contributed by atoms with Gasteiger partial charge < -0.3 is 5.11 Å². The highest BCUT2D eigenvalue weighted by Crippen LogP contribution is 2.34. The van der Waals surface area contributed by atoms with Crippen molar-refractivity contribution in [1.82, 2.24) is 14.9 Å². The van der Waals surface area contributed by atoms with E-state index in [2.05, 4.69) is 14.9 Å². The molecule has 1 aromatic rings. The minimum atomic E-state index is -3.87. The van der Waals surface area contributed by atoms with E-state index in [0.717, 1.165) is 25.5 Å². The van der Waals surface area contributed by atoms with Crippen LogP contribution in [0.4, 0.5) is 0 Å². The SMILES string of the molecule is CCC(CC1CC1)NS(=O)(=O)c1[nH]ncc1C(=O)O. The molecule has 3 N–H and O–H groups in total. The molecule has 8 heteroatoms. The molecule has 0 saturated heterocycles. The molecule has 0 radical (unpaired) electrons. The zero-order valence-corrected chi connectivity index (χ0v) is 11.4. The molecule has 1 atom stereocenters. The van der Waals surface area contributed by atoms with Crippen LogP contribution >= 0.6 is 0 Å². The number of nitrogens with one attached hydrogen (secondary N) is 2. The number of carboxylic acids is 1. The molecular formula is C11H17N3O4S. The van der Waals surface area contributed by atoms with E-state index >= 15 is 0 Å². The van der Waals surface area contributed by atoms with E-state index in [1.54, 1.807) is 0 Å². The van der Waals surface area contributed by atoms with Crippen LogP contribution in [-0.4, -0.2) is 35.7 Å². The molecule has 19 heavy (non-hydrogen) atoms. The molecule has 0 amide bonds. The van der Waals surface area contributed by atoms with Crippen molar-refractivity contribution < 1.29 is 18.3 Å². The van der Waals surface area contributed by atoms with Gasteiger partial charge in [0, 0.05) is 6.04 Å². The number of carbonyl (C=O) groups is 1. The van der Waals surface area contributed by atoms with E-state index in [1.165, 1.54) is 0 Å². The highest BCUT2D eigenvalue weighted by Gasteiger charge is 2.30. The Morgan fingerprint density at radius 3 is 2.84 bits per heavy atom. The van der Waals surface area contributed by atoms with Crippen molar-refractivity contribution in [2.75, 3.05) is 0 Å². The zero-order valence-electron chi connectivity index (χ0n) is 10.6. The van der Waals surface area contributed by atoms with Crippen molar-refractivity contribution in [3.05, 3.63) is 11.8 Å². The minimum Gasteiger partial charge on any atom is -0.478 e. The Kier molecular flexibility index (Phi) is 3.91. The van der Waals surface area contributed by atoms with Crippen LogP contribution in [0.2, 0.25) is 0 Å². The first-order chi connectivity index (χ1) is 8.94. The summed E-state index contributed by atoms with van der Waals surface area (Å²) >= 11 is 0. The molecule has 1 aliphatic rings. The van der Waals surface area contributed by atoms with Gasteiger partial charge in [-0.3, -0.25) is 5.10 Å². The largest absolute Gasteiger partial charge is 0.478 e. The zero-order chi connectivity index (χ0) is 14.0. The smallest absolute Gasteiger partial charge is 0.340 e. The molecule has 1 aliphatic carbocycles. The summed E-state index contributed by atoms with van der Waals surface area (Å²) in [6.45, 7) is 1.90. The molecule has 1 fully saturated rings. The quantitative estimate of drug-likeness (QED) is 0.691. The summed E-state index contributed by atoms with van der Waals surface area (Å²) in [7, 11) is -3.87. The lowest BCUT2D eigenvalue weighted by atomic mass is 10.1. The van der Waals surface area contributed by atoms with Crippen molar-refractivity contribution in [2.45, 2.75) is 43.7 Å². The molecule has 1 saturated carbocycles. The molecule has 1 aromatic heterocycles. The second-order valence-electron chi connectivity index (χ2n) is 4.82. The van der Waals surface area contributed by atoms with E-state index in [-0.39, 0.29) is 16.6 Å². The summed E-state index contributed by atoms with van der Waals surface area (Å²) in [6.07, 6.45) is 4.75. The van der Waals surface area contributed by atoms with Crippen molar-refractivity contribution in [3.8, 4) is 0 Å². The van der Waals surface area contributed by atoms with Gasteiger partial charge in [0.2, 0.25) is 0 Å². The highest BCUT2D eigenvalue weighted by atomic mass is 32.2. The number of hydrogen-bond donors (Lipinski definition) is 3. The maximum Gasteiger partial charge on any atom is 0.340 e. The normalized spacial score (nSPS) is 17.3. The molecule has 106 valence electrons. The summed E-state index contributed by atoms with van der Waals surface area (Å²) in [5.41, 5.74) is -0.339. The summed E-state index contributed by atoms with van der Waals surface area (Å²) < 4.78 is 26.8. The number of rotatable bonds is 7. The van der Waals surface area contributed by atoms with Gasteiger partial charge in [0.1, 0.15) is 5.56 Å². The number of H-pyrrole nitrogens is 1. The monoisotopic (exact) mass is 287 g/mol. The number of aromatic nitrogens is 2. The Bertz CT molecular complexity index is 562. The third kappa shape index (κ3) is 3.32. The van der Waals surface area contributed by atoms with Crippen LogP contribution < -0.4 is 4.72 Å². The first-order valence-electron chi connectivity index (χ1n) is 6.23. The van der Waals surface area contributed by atoms with Gasteiger partial charge in [-0.1, -0.05) is 19.8 Å². The van der Waals surface area contributed by atoms with Crippen LogP contribution in [0.1, 0.15) is 43.0 Å². The molecule has 0 spiro atoms. The van der Waals surface area contributed by atoms with E-state index in [9.17, 15) is 13.2 Å². The average molecular weight is 287 g/mol. The fourth-order valence-electron chi connectivity index (χ4n) is 1.96. The minimum absolute atomic E-state index is 0.164. The molecule has 1 heterocycles. The number of nitrogens with zero attached hydrogens (tertiary/aromatic N) is 1. The molecule has 0 bridgehead atoms. The van der Waals surface area contributed by atoms with Crippen molar-refractivity contribution >= 4 is 16.0 Å². The van der Waals surface area contributed by atoms with Gasteiger partial charge in [-0.15, -0.1) is 0 Å². The van der Waals surface area contributed by atoms with Crippen molar-refractivity contribution in [3.63, 3.8) is 0 Å². The Morgan fingerprint density at radius 1 is 1.63 bits per heavy atom. The summed E-state index contributed by atoms with van der Waals surface area (Å²) in [4.78, 5) is 10.9. The summed E-state index contributed by atoms with van der Waals surface area (Å²) in [5, 5.41) is 14.3. The van der Waals surface area contributed by atoms with E-state index < -0.39 is 16.0 Å². The van der Waals surface area contributed by atoms with E-state index in [0.29, 0.717) is 12.3 Å². The van der Waals surface area contributed by atoms with Gasteiger partial charge in [-0.2, -0.15) is 5.10 Å². The lowest BCUT2D eigenvalue weighted by molar-refractivity contribution is 0.0692. The van der Waals surface area contributed by atoms with Gasteiger partial charge in [0.05, 0.1) is 6.20 Å². The van der Waals surface area contributed by atoms with Crippen molar-refractivity contribution in [2.24, 2.45) is 5.92 Å². The van der Waals surface area contributed by atoms with E-state index in [4.69, 9.17) is 5.11 Å². The molecule has 1 unspecified atom stereocenters. The van der Waals surface area contributed by atoms with Crippen LogP contribution in [0.25, 0.3) is 0 Å². The first kappa shape index (κ1) is 14.0. The van der Waals surface area contributed by atoms with Gasteiger partial charge in [0.25, 0.3) is 10.0 Å². The Morgan fingerprint density at radius 2 is 2.32 bits per heavy atom. The maximum absolute atomic E-state index is 12.1. The summed E-state index contributed by atoms with van der Waals surface area (Å²) in [6, 6.07) is -0.164. The maximum atomic E-state index is 12.1. The lowest BCUT2D eigenvalue weighted by Crippen LogP contribution is -2.35. The van der Waals surface area contributed by atoms with Crippen LogP contribution in [-0.2, 0) is 10.0 Å². The fraction of sp³-hybridized carbons (Fsp3) is 0.636. The van der Waals surface area contributed by atoms with Crippen LogP contribution in [0.15, 0.2) is 11.2 Å².